The molecule has 3 N–H and O–H groups in total. The molecule has 2 aromatic heterocycles. The number of nitrogens with two attached hydrogens (primary N) is 1. The molecule has 10 nitrogen and oxygen atoms in total. The number of rotatable bonds is 5. The molecule has 0 atom stereocenters. The van der Waals surface area contributed by atoms with Gasteiger partial charge in [-0.1, -0.05) is 37.5 Å². The third kappa shape index (κ3) is 5.13. The summed E-state index contributed by atoms with van der Waals surface area (Å²) < 4.78 is 16.7. The second-order valence-corrected chi connectivity index (χ2v) is 11.6. The first-order valence-corrected chi connectivity index (χ1v) is 15.0. The Hall–Kier alpha value is -4.25. The van der Waals surface area contributed by atoms with Gasteiger partial charge in [-0.3, -0.25) is 4.90 Å². The predicted molar refractivity (Wildman–Crippen MR) is 164 cm³/mol. The summed E-state index contributed by atoms with van der Waals surface area (Å²) in [5, 5.41) is 16.6. The predicted octanol–water partition coefficient (Wildman–Crippen LogP) is 4.64. The number of nitrogens with one attached hydrogen (secondary N) is 1. The number of nitrogens with zero attached hydrogens (tertiary/aromatic N) is 8. The zero-order chi connectivity index (χ0) is 28.6. The number of halogens is 1. The van der Waals surface area contributed by atoms with E-state index in [0.29, 0.717) is 23.2 Å². The number of anilines is 5. The standard InChI is InChI=1S/C31H37FN10/c1-39-14-13-21-19-28(36-37-29(21)24-9-5-6-10-26(24)39)42-30(33)35-31(38-42)34-22-11-12-27(25(32)20-22)41-17-15-40(16-18-41)23-7-3-2-4-8-23/h5-6,9-12,19-20,23H,2-4,7-8,13-18H2,1H3,(H3,33,34,35,38). The second kappa shape index (κ2) is 11.2. The van der Waals surface area contributed by atoms with Crippen molar-refractivity contribution >= 4 is 29.0 Å². The molecule has 2 fully saturated rings. The molecule has 0 radical (unpaired) electrons. The summed E-state index contributed by atoms with van der Waals surface area (Å²) in [6.45, 7) is 4.50. The van der Waals surface area contributed by atoms with Gasteiger partial charge in [-0.05, 0) is 55.2 Å². The lowest BCUT2D eigenvalue weighted by Crippen LogP contribution is -2.51. The van der Waals surface area contributed by atoms with Gasteiger partial charge in [-0.25, -0.2) is 4.39 Å². The summed E-state index contributed by atoms with van der Waals surface area (Å²) in [6, 6.07) is 16.1. The highest BCUT2D eigenvalue weighted by Crippen LogP contribution is 2.35. The van der Waals surface area contributed by atoms with Gasteiger partial charge >= 0.3 is 0 Å². The Bertz CT molecular complexity index is 1570. The van der Waals surface area contributed by atoms with Gasteiger partial charge in [0.15, 0.2) is 5.82 Å². The summed E-state index contributed by atoms with van der Waals surface area (Å²) in [4.78, 5) is 11.3. The summed E-state index contributed by atoms with van der Waals surface area (Å²) in [5.74, 6) is 0.663. The third-order valence-corrected chi connectivity index (χ3v) is 8.95. The van der Waals surface area contributed by atoms with E-state index in [1.54, 1.807) is 0 Å². The summed E-state index contributed by atoms with van der Waals surface area (Å²) in [7, 11) is 2.08. The summed E-state index contributed by atoms with van der Waals surface area (Å²) >= 11 is 0. The van der Waals surface area contributed by atoms with Crippen LogP contribution in [-0.2, 0) is 6.42 Å². The number of hydrogen-bond acceptors (Lipinski definition) is 9. The molecule has 4 aromatic rings. The van der Waals surface area contributed by atoms with Crippen molar-refractivity contribution in [1.29, 1.82) is 0 Å². The maximum absolute atomic E-state index is 15.3. The molecule has 1 saturated heterocycles. The monoisotopic (exact) mass is 568 g/mol. The molecule has 2 aliphatic heterocycles. The topological polar surface area (TPSA) is 104 Å². The fourth-order valence-electron chi connectivity index (χ4n) is 6.64. The third-order valence-electron chi connectivity index (χ3n) is 8.95. The largest absolute Gasteiger partial charge is 0.374 e. The van der Waals surface area contributed by atoms with E-state index in [4.69, 9.17) is 5.73 Å². The number of aromatic nitrogens is 5. The van der Waals surface area contributed by atoms with Crippen molar-refractivity contribution in [3.05, 3.63) is 59.9 Å². The molecule has 0 bridgehead atoms. The van der Waals surface area contributed by atoms with E-state index in [1.807, 2.05) is 30.3 Å². The number of piperazine rings is 1. The van der Waals surface area contributed by atoms with E-state index in [9.17, 15) is 0 Å². The minimum atomic E-state index is -0.264. The van der Waals surface area contributed by atoms with E-state index in [-0.39, 0.29) is 17.7 Å². The number of para-hydroxylation sites is 1. The van der Waals surface area contributed by atoms with Crippen LogP contribution < -0.4 is 20.9 Å². The highest BCUT2D eigenvalue weighted by Gasteiger charge is 2.26. The van der Waals surface area contributed by atoms with Crippen LogP contribution in [0.4, 0.5) is 33.3 Å². The Balaban J connectivity index is 1.05. The molecule has 0 unspecified atom stereocenters. The van der Waals surface area contributed by atoms with Crippen LogP contribution >= 0.6 is 0 Å². The quantitative estimate of drug-likeness (QED) is 0.356. The highest BCUT2D eigenvalue weighted by atomic mass is 19.1. The van der Waals surface area contributed by atoms with E-state index in [1.165, 1.54) is 42.9 Å². The van der Waals surface area contributed by atoms with Crippen LogP contribution in [0.1, 0.15) is 37.7 Å². The molecule has 0 amide bonds. The smallest absolute Gasteiger partial charge is 0.248 e. The molecule has 1 aliphatic carbocycles. The molecule has 4 heterocycles. The zero-order valence-corrected chi connectivity index (χ0v) is 24.0. The molecule has 3 aliphatic rings. The van der Waals surface area contributed by atoms with E-state index in [2.05, 4.69) is 59.5 Å². The van der Waals surface area contributed by atoms with E-state index in [0.717, 1.165) is 61.7 Å². The van der Waals surface area contributed by atoms with Crippen LogP contribution in [0.5, 0.6) is 0 Å². The molecule has 2 aromatic carbocycles. The molecular formula is C31H37FN10. The van der Waals surface area contributed by atoms with E-state index >= 15 is 4.39 Å². The molecule has 218 valence electrons. The van der Waals surface area contributed by atoms with Crippen molar-refractivity contribution in [2.45, 2.75) is 44.6 Å². The Morgan fingerprint density at radius 1 is 0.905 bits per heavy atom. The molecule has 1 saturated carbocycles. The minimum absolute atomic E-state index is 0.172. The SMILES string of the molecule is CN1CCc2cc(-n3nc(Nc4ccc(N5CCN(C6CCCCC6)CC5)c(F)c4)nc3N)nnc2-c2ccccc21. The lowest BCUT2D eigenvalue weighted by Gasteiger charge is -2.41. The Morgan fingerprint density at radius 2 is 1.71 bits per heavy atom. The molecule has 42 heavy (non-hydrogen) atoms. The molecule has 11 heteroatoms. The lowest BCUT2D eigenvalue weighted by molar-refractivity contribution is 0.147. The fourth-order valence-corrected chi connectivity index (χ4v) is 6.64. The zero-order valence-electron chi connectivity index (χ0n) is 24.0. The molecule has 7 rings (SSSR count). The van der Waals surface area contributed by atoms with Gasteiger partial charge in [0, 0.05) is 62.8 Å². The van der Waals surface area contributed by atoms with Gasteiger partial charge in [0.1, 0.15) is 5.82 Å². The van der Waals surface area contributed by atoms with Crippen molar-refractivity contribution in [2.75, 3.05) is 60.6 Å². The van der Waals surface area contributed by atoms with Gasteiger partial charge in [-0.15, -0.1) is 15.3 Å². The average Bonchev–Trinajstić information content (AvgIpc) is 3.32. The van der Waals surface area contributed by atoms with Gasteiger partial charge in [-0.2, -0.15) is 9.67 Å². The number of likely N-dealkylation sites (N-methyl/N-ethyl adjacent to an activating group) is 1. The molecular weight excluding hydrogens is 531 g/mol. The van der Waals surface area contributed by atoms with Crippen LogP contribution in [0.25, 0.3) is 17.1 Å². The van der Waals surface area contributed by atoms with Crippen molar-refractivity contribution in [3.63, 3.8) is 0 Å². The minimum Gasteiger partial charge on any atom is -0.374 e. The number of nitrogen functional groups attached to an aromatic ring is 1. The maximum Gasteiger partial charge on any atom is 0.248 e. The van der Waals surface area contributed by atoms with Gasteiger partial charge in [0.2, 0.25) is 11.9 Å². The van der Waals surface area contributed by atoms with Crippen LogP contribution in [0.15, 0.2) is 48.5 Å². The second-order valence-electron chi connectivity index (χ2n) is 11.6. The Morgan fingerprint density at radius 3 is 2.52 bits per heavy atom. The van der Waals surface area contributed by atoms with Crippen LogP contribution in [0.2, 0.25) is 0 Å². The first kappa shape index (κ1) is 26.6. The van der Waals surface area contributed by atoms with Crippen molar-refractivity contribution in [1.82, 2.24) is 29.9 Å². The lowest BCUT2D eigenvalue weighted by atomic mass is 9.94. The fraction of sp³-hybridized carbons (Fsp3) is 0.419. The van der Waals surface area contributed by atoms with Crippen LogP contribution in [0.3, 0.4) is 0 Å². The number of benzene rings is 2. The Labute approximate surface area is 245 Å². The maximum atomic E-state index is 15.3. The number of fused-ring (bicyclic) bond motifs is 3. The molecule has 0 spiro atoms. The first-order valence-electron chi connectivity index (χ1n) is 15.0. The first-order chi connectivity index (χ1) is 20.5. The average molecular weight is 569 g/mol. The Kier molecular flexibility index (Phi) is 7.10. The van der Waals surface area contributed by atoms with E-state index < -0.39 is 0 Å². The summed E-state index contributed by atoms with van der Waals surface area (Å²) in [6.07, 6.45) is 7.44. The van der Waals surface area contributed by atoms with Crippen LogP contribution in [0, 0.1) is 5.82 Å². The highest BCUT2D eigenvalue weighted by molar-refractivity contribution is 5.79. The van der Waals surface area contributed by atoms with Gasteiger partial charge in [0.05, 0.1) is 11.4 Å². The normalized spacial score (nSPS) is 18.0. The van der Waals surface area contributed by atoms with Crippen molar-refractivity contribution < 1.29 is 4.39 Å². The summed E-state index contributed by atoms with van der Waals surface area (Å²) in [5.41, 5.74) is 11.5. The van der Waals surface area contributed by atoms with Crippen LogP contribution in [-0.4, -0.2) is 75.7 Å². The van der Waals surface area contributed by atoms with Crippen molar-refractivity contribution in [3.8, 4) is 17.1 Å². The number of hydrogen-bond donors (Lipinski definition) is 2. The van der Waals surface area contributed by atoms with Gasteiger partial charge in [0.25, 0.3) is 0 Å². The van der Waals surface area contributed by atoms with Crippen molar-refractivity contribution in [2.24, 2.45) is 0 Å². The van der Waals surface area contributed by atoms with Gasteiger partial charge < -0.3 is 20.9 Å².